The summed E-state index contributed by atoms with van der Waals surface area (Å²) in [5.41, 5.74) is 2.86. The Kier molecular flexibility index (Phi) is 4.50. The van der Waals surface area contributed by atoms with E-state index in [-0.39, 0.29) is 0 Å². The molecule has 0 saturated heterocycles. The zero-order valence-electron chi connectivity index (χ0n) is 12.4. The number of nitrogens with zero attached hydrogens (tertiary/aromatic N) is 3. The fourth-order valence-corrected chi connectivity index (χ4v) is 2.08. The molecule has 0 spiro atoms. The molecule has 20 heavy (non-hydrogen) atoms. The highest BCUT2D eigenvalue weighted by atomic mass is 16.5. The second-order valence-electron chi connectivity index (χ2n) is 4.58. The summed E-state index contributed by atoms with van der Waals surface area (Å²) in [6.07, 6.45) is 5.36. The van der Waals surface area contributed by atoms with E-state index < -0.39 is 0 Å². The minimum Gasteiger partial charge on any atom is -0.495 e. The predicted octanol–water partition coefficient (Wildman–Crippen LogP) is 2.85. The Bertz CT molecular complexity index is 598. The van der Waals surface area contributed by atoms with E-state index in [0.717, 1.165) is 47.1 Å². The van der Waals surface area contributed by atoms with Crippen molar-refractivity contribution >= 4 is 5.82 Å². The number of rotatable bonds is 5. The molecule has 0 atom stereocenters. The lowest BCUT2D eigenvalue weighted by Gasteiger charge is -2.12. The number of anilines is 1. The van der Waals surface area contributed by atoms with Crippen molar-refractivity contribution in [1.82, 2.24) is 15.0 Å². The van der Waals surface area contributed by atoms with Crippen LogP contribution in [0.4, 0.5) is 5.82 Å². The van der Waals surface area contributed by atoms with Crippen LogP contribution in [0.2, 0.25) is 0 Å². The van der Waals surface area contributed by atoms with Crippen molar-refractivity contribution in [3.05, 3.63) is 29.8 Å². The molecule has 5 nitrogen and oxygen atoms in total. The molecule has 0 unspecified atom stereocenters. The summed E-state index contributed by atoms with van der Waals surface area (Å²) in [6.45, 7) is 4.13. The third-order valence-electron chi connectivity index (χ3n) is 3.12. The van der Waals surface area contributed by atoms with Gasteiger partial charge in [0.1, 0.15) is 17.4 Å². The lowest BCUT2D eigenvalue weighted by atomic mass is 10.1. The summed E-state index contributed by atoms with van der Waals surface area (Å²) in [6, 6.07) is 1.94. The lowest BCUT2D eigenvalue weighted by molar-refractivity contribution is 0.413. The minimum absolute atomic E-state index is 0.726. The van der Waals surface area contributed by atoms with E-state index in [4.69, 9.17) is 4.74 Å². The van der Waals surface area contributed by atoms with Gasteiger partial charge in [0.05, 0.1) is 19.0 Å². The van der Waals surface area contributed by atoms with E-state index in [0.29, 0.717) is 0 Å². The number of hydrogen-bond acceptors (Lipinski definition) is 5. The Labute approximate surface area is 119 Å². The van der Waals surface area contributed by atoms with Gasteiger partial charge in [-0.3, -0.25) is 4.98 Å². The lowest BCUT2D eigenvalue weighted by Crippen LogP contribution is -2.05. The minimum atomic E-state index is 0.726. The maximum absolute atomic E-state index is 5.23. The van der Waals surface area contributed by atoms with Gasteiger partial charge >= 0.3 is 0 Å². The Morgan fingerprint density at radius 1 is 1.25 bits per heavy atom. The standard InChI is InChI=1S/C15H20N4O/c1-5-6-13-18-14(10(2)15(16-3)19-13)11-7-12(20-4)9-17-8-11/h7-9H,5-6H2,1-4H3,(H,16,18,19). The van der Waals surface area contributed by atoms with E-state index in [1.807, 2.05) is 20.0 Å². The topological polar surface area (TPSA) is 59.9 Å². The van der Waals surface area contributed by atoms with E-state index in [1.54, 1.807) is 19.5 Å². The van der Waals surface area contributed by atoms with Crippen LogP contribution in [-0.2, 0) is 6.42 Å². The molecule has 0 saturated carbocycles. The number of ether oxygens (including phenoxy) is 1. The molecule has 1 N–H and O–H groups in total. The highest BCUT2D eigenvalue weighted by Crippen LogP contribution is 2.27. The van der Waals surface area contributed by atoms with Gasteiger partial charge in [-0.05, 0) is 19.4 Å². The van der Waals surface area contributed by atoms with Crippen molar-refractivity contribution in [3.8, 4) is 17.0 Å². The number of aromatic nitrogens is 3. The molecule has 2 heterocycles. The van der Waals surface area contributed by atoms with Crippen LogP contribution in [0.1, 0.15) is 24.7 Å². The molecule has 0 aliphatic heterocycles. The van der Waals surface area contributed by atoms with Gasteiger partial charge in [-0.25, -0.2) is 9.97 Å². The summed E-state index contributed by atoms with van der Waals surface area (Å²) in [4.78, 5) is 13.4. The van der Waals surface area contributed by atoms with Crippen molar-refractivity contribution in [3.63, 3.8) is 0 Å². The molecule has 0 fully saturated rings. The first-order valence-electron chi connectivity index (χ1n) is 6.74. The van der Waals surface area contributed by atoms with Crippen LogP contribution in [0.3, 0.4) is 0 Å². The number of aryl methyl sites for hydroxylation is 1. The van der Waals surface area contributed by atoms with E-state index >= 15 is 0 Å². The van der Waals surface area contributed by atoms with E-state index in [9.17, 15) is 0 Å². The molecule has 0 amide bonds. The van der Waals surface area contributed by atoms with E-state index in [2.05, 4.69) is 27.2 Å². The van der Waals surface area contributed by atoms with Crippen LogP contribution in [0.5, 0.6) is 5.75 Å². The highest BCUT2D eigenvalue weighted by Gasteiger charge is 2.12. The number of pyridine rings is 1. The number of hydrogen-bond donors (Lipinski definition) is 1. The smallest absolute Gasteiger partial charge is 0.137 e. The Morgan fingerprint density at radius 3 is 2.70 bits per heavy atom. The largest absolute Gasteiger partial charge is 0.495 e. The summed E-state index contributed by atoms with van der Waals surface area (Å²) < 4.78 is 5.23. The zero-order chi connectivity index (χ0) is 14.5. The highest BCUT2D eigenvalue weighted by molar-refractivity contribution is 5.68. The first kappa shape index (κ1) is 14.2. The average molecular weight is 272 g/mol. The van der Waals surface area contributed by atoms with Crippen molar-refractivity contribution < 1.29 is 4.74 Å². The third-order valence-corrected chi connectivity index (χ3v) is 3.12. The van der Waals surface area contributed by atoms with Crippen LogP contribution in [-0.4, -0.2) is 29.1 Å². The molecular weight excluding hydrogens is 252 g/mol. The van der Waals surface area contributed by atoms with Gasteiger partial charge in [0.2, 0.25) is 0 Å². The Hall–Kier alpha value is -2.17. The van der Waals surface area contributed by atoms with Crippen LogP contribution in [0.25, 0.3) is 11.3 Å². The first-order valence-corrected chi connectivity index (χ1v) is 6.74. The molecule has 106 valence electrons. The van der Waals surface area contributed by atoms with Gasteiger partial charge < -0.3 is 10.1 Å². The first-order chi connectivity index (χ1) is 9.69. The quantitative estimate of drug-likeness (QED) is 0.907. The molecule has 2 aromatic rings. The maximum Gasteiger partial charge on any atom is 0.137 e. The fourth-order valence-electron chi connectivity index (χ4n) is 2.08. The summed E-state index contributed by atoms with van der Waals surface area (Å²) >= 11 is 0. The second-order valence-corrected chi connectivity index (χ2v) is 4.58. The van der Waals surface area contributed by atoms with Gasteiger partial charge in [-0.15, -0.1) is 0 Å². The molecule has 5 heteroatoms. The van der Waals surface area contributed by atoms with Crippen LogP contribution in [0.15, 0.2) is 18.5 Å². The summed E-state index contributed by atoms with van der Waals surface area (Å²) in [5.74, 6) is 2.44. The van der Waals surface area contributed by atoms with Crippen molar-refractivity contribution in [2.75, 3.05) is 19.5 Å². The monoisotopic (exact) mass is 272 g/mol. The predicted molar refractivity (Wildman–Crippen MR) is 80.1 cm³/mol. The van der Waals surface area contributed by atoms with Crippen molar-refractivity contribution in [2.45, 2.75) is 26.7 Å². The van der Waals surface area contributed by atoms with E-state index in [1.165, 1.54) is 0 Å². The Morgan fingerprint density at radius 2 is 2.05 bits per heavy atom. The fraction of sp³-hybridized carbons (Fsp3) is 0.400. The van der Waals surface area contributed by atoms with Crippen LogP contribution >= 0.6 is 0 Å². The summed E-state index contributed by atoms with van der Waals surface area (Å²) in [7, 11) is 3.51. The van der Waals surface area contributed by atoms with Gasteiger partial charge in [0.25, 0.3) is 0 Å². The van der Waals surface area contributed by atoms with Gasteiger partial charge in [0, 0.05) is 30.8 Å². The molecule has 0 radical (unpaired) electrons. The SMILES string of the molecule is CCCc1nc(NC)c(C)c(-c2cncc(OC)c2)n1. The molecular formula is C15H20N4O. The average Bonchev–Trinajstić information content (AvgIpc) is 2.49. The molecule has 2 aromatic heterocycles. The molecule has 0 aromatic carbocycles. The van der Waals surface area contributed by atoms with Crippen LogP contribution < -0.4 is 10.1 Å². The normalized spacial score (nSPS) is 10.4. The molecule has 0 bridgehead atoms. The molecule has 2 rings (SSSR count). The van der Waals surface area contributed by atoms with Gasteiger partial charge in [0.15, 0.2) is 0 Å². The van der Waals surface area contributed by atoms with Crippen molar-refractivity contribution in [2.24, 2.45) is 0 Å². The third kappa shape index (κ3) is 2.87. The number of nitrogens with one attached hydrogen (secondary N) is 1. The second kappa shape index (κ2) is 6.32. The maximum atomic E-state index is 5.23. The van der Waals surface area contributed by atoms with Crippen LogP contribution in [0, 0.1) is 6.92 Å². The number of methoxy groups -OCH3 is 1. The van der Waals surface area contributed by atoms with Gasteiger partial charge in [-0.2, -0.15) is 0 Å². The Balaban J connectivity index is 2.55. The molecule has 0 aliphatic carbocycles. The van der Waals surface area contributed by atoms with Gasteiger partial charge in [-0.1, -0.05) is 6.92 Å². The zero-order valence-corrected chi connectivity index (χ0v) is 12.4. The summed E-state index contributed by atoms with van der Waals surface area (Å²) in [5, 5.41) is 3.13. The molecule has 0 aliphatic rings. The van der Waals surface area contributed by atoms with Crippen molar-refractivity contribution in [1.29, 1.82) is 0 Å².